The van der Waals surface area contributed by atoms with Gasteiger partial charge in [-0.2, -0.15) is 0 Å². The van der Waals surface area contributed by atoms with Crippen LogP contribution in [0, 0.1) is 5.82 Å². The molecule has 28 heavy (non-hydrogen) atoms. The van der Waals surface area contributed by atoms with Gasteiger partial charge in [0.05, 0.1) is 11.1 Å². The zero-order valence-electron chi connectivity index (χ0n) is 15.1. The molecule has 0 saturated carbocycles. The molecular formula is C19H19FN6O2. The molecule has 0 fully saturated rings. The molecule has 0 bridgehead atoms. The fourth-order valence-electron chi connectivity index (χ4n) is 2.75. The summed E-state index contributed by atoms with van der Waals surface area (Å²) in [6, 6.07) is 9.16. The van der Waals surface area contributed by atoms with Gasteiger partial charge in [-0.1, -0.05) is 13.0 Å². The number of nitrogens with two attached hydrogens (primary N) is 2. The zero-order chi connectivity index (χ0) is 20.3. The molecule has 0 aliphatic rings. The minimum atomic E-state index is -0.847. The largest absolute Gasteiger partial charge is 0.368 e. The number of anilines is 3. The van der Waals surface area contributed by atoms with E-state index in [1.165, 1.54) is 0 Å². The number of carbonyl (C=O) groups is 2. The second-order valence-corrected chi connectivity index (χ2v) is 6.09. The van der Waals surface area contributed by atoms with Gasteiger partial charge in [0.15, 0.2) is 11.6 Å². The summed E-state index contributed by atoms with van der Waals surface area (Å²) >= 11 is 0. The first kappa shape index (κ1) is 19.0. The average molecular weight is 382 g/mol. The highest BCUT2D eigenvalue weighted by Gasteiger charge is 2.20. The number of carbonyl (C=O) groups excluding carboxylic acids is 2. The molecule has 2 aromatic heterocycles. The fraction of sp³-hybridized carbons (Fsp3) is 0.158. The molecule has 0 saturated heterocycles. The van der Waals surface area contributed by atoms with Crippen molar-refractivity contribution in [3.63, 3.8) is 0 Å². The van der Waals surface area contributed by atoms with E-state index < -0.39 is 23.7 Å². The van der Waals surface area contributed by atoms with Crippen LogP contribution in [0.4, 0.5) is 21.7 Å². The minimum Gasteiger partial charge on any atom is -0.368 e. The maximum Gasteiger partial charge on any atom is 0.252 e. The Labute approximate surface area is 160 Å². The summed E-state index contributed by atoms with van der Waals surface area (Å²) in [7, 11) is 0. The molecule has 6 N–H and O–H groups in total. The molecule has 2 amide bonds. The van der Waals surface area contributed by atoms with Gasteiger partial charge in [0.2, 0.25) is 5.91 Å². The number of nitrogens with one attached hydrogen (secondary N) is 2. The first-order valence-corrected chi connectivity index (χ1v) is 8.57. The Morgan fingerprint density at radius 3 is 2.64 bits per heavy atom. The summed E-state index contributed by atoms with van der Waals surface area (Å²) in [6.07, 6.45) is 2.00. The van der Waals surface area contributed by atoms with Gasteiger partial charge in [-0.15, -0.1) is 0 Å². The minimum absolute atomic E-state index is 0.0482. The van der Waals surface area contributed by atoms with E-state index in [1.54, 1.807) is 31.3 Å². The van der Waals surface area contributed by atoms with E-state index in [-0.39, 0.29) is 17.2 Å². The van der Waals surface area contributed by atoms with Crippen molar-refractivity contribution in [3.8, 4) is 0 Å². The van der Waals surface area contributed by atoms with E-state index in [1.807, 2.05) is 12.1 Å². The second-order valence-electron chi connectivity index (χ2n) is 6.09. The summed E-state index contributed by atoms with van der Waals surface area (Å²) in [5.74, 6) is -2.47. The highest BCUT2D eigenvalue weighted by molar-refractivity contribution is 6.00. The Balaban J connectivity index is 2.06. The number of rotatable bonds is 7. The smallest absolute Gasteiger partial charge is 0.252 e. The number of aromatic nitrogens is 2. The summed E-state index contributed by atoms with van der Waals surface area (Å²) in [5.41, 5.74) is 11.9. The van der Waals surface area contributed by atoms with Crippen molar-refractivity contribution in [2.24, 2.45) is 11.5 Å². The Bertz CT molecular complexity index is 1050. The number of hydrogen-bond donors (Lipinski definition) is 4. The molecule has 1 atom stereocenters. The van der Waals surface area contributed by atoms with Gasteiger partial charge in [0.1, 0.15) is 11.9 Å². The van der Waals surface area contributed by atoms with Crippen molar-refractivity contribution in [1.82, 2.24) is 9.97 Å². The van der Waals surface area contributed by atoms with Gasteiger partial charge in [-0.3, -0.25) is 14.6 Å². The predicted octanol–water partition coefficient (Wildman–Crippen LogP) is 2.29. The Hall–Kier alpha value is -3.75. The number of nitrogens with zero attached hydrogens (tertiary/aromatic N) is 2. The second kappa shape index (κ2) is 7.87. The van der Waals surface area contributed by atoms with Crippen LogP contribution in [-0.2, 0) is 4.79 Å². The summed E-state index contributed by atoms with van der Waals surface area (Å²) < 4.78 is 14.4. The average Bonchev–Trinajstić information content (AvgIpc) is 2.67. The lowest BCUT2D eigenvalue weighted by Crippen LogP contribution is -2.35. The van der Waals surface area contributed by atoms with Gasteiger partial charge in [0, 0.05) is 17.3 Å². The van der Waals surface area contributed by atoms with Crippen LogP contribution in [0.1, 0.15) is 23.7 Å². The first-order valence-electron chi connectivity index (χ1n) is 8.57. The summed E-state index contributed by atoms with van der Waals surface area (Å²) in [5, 5.41) is 6.45. The molecule has 0 spiro atoms. The van der Waals surface area contributed by atoms with E-state index in [0.29, 0.717) is 12.1 Å². The lowest BCUT2D eigenvalue weighted by molar-refractivity contribution is -0.118. The van der Waals surface area contributed by atoms with E-state index in [0.717, 1.165) is 17.0 Å². The molecule has 1 aromatic carbocycles. The Morgan fingerprint density at radius 2 is 1.96 bits per heavy atom. The number of benzene rings is 1. The van der Waals surface area contributed by atoms with Gasteiger partial charge in [-0.05, 0) is 36.8 Å². The molecule has 0 aliphatic heterocycles. The fourth-order valence-corrected chi connectivity index (χ4v) is 2.75. The number of amides is 2. The maximum atomic E-state index is 14.4. The quantitative estimate of drug-likeness (QED) is 0.495. The molecule has 0 aliphatic carbocycles. The van der Waals surface area contributed by atoms with Gasteiger partial charge < -0.3 is 22.1 Å². The van der Waals surface area contributed by atoms with Crippen LogP contribution >= 0.6 is 0 Å². The molecule has 9 heteroatoms. The van der Waals surface area contributed by atoms with Crippen LogP contribution in [0.15, 0.2) is 42.6 Å². The van der Waals surface area contributed by atoms with Gasteiger partial charge in [0.25, 0.3) is 5.91 Å². The Morgan fingerprint density at radius 1 is 1.18 bits per heavy atom. The van der Waals surface area contributed by atoms with E-state index >= 15 is 0 Å². The van der Waals surface area contributed by atoms with Gasteiger partial charge >= 0.3 is 0 Å². The van der Waals surface area contributed by atoms with Crippen molar-refractivity contribution in [2.75, 3.05) is 10.6 Å². The molecule has 8 nitrogen and oxygen atoms in total. The number of hydrogen-bond acceptors (Lipinski definition) is 6. The third-order valence-electron chi connectivity index (χ3n) is 4.20. The normalized spacial score (nSPS) is 11.8. The topological polar surface area (TPSA) is 136 Å². The monoisotopic (exact) mass is 382 g/mol. The standard InChI is InChI=1S/C19H19FN6O2/c1-2-13(17(22)28)24-19-12(20)9-11(16(21)27)18(26-19)25-15-7-3-6-14-10(15)5-4-8-23-14/h3-9,13H,2H2,1H3,(H2,21,27)(H2,22,28)(H2,24,25,26). The molecule has 144 valence electrons. The molecule has 2 heterocycles. The van der Waals surface area contributed by atoms with Crippen molar-refractivity contribution < 1.29 is 14.0 Å². The number of primary amides is 2. The molecule has 0 radical (unpaired) electrons. The zero-order valence-corrected chi connectivity index (χ0v) is 15.1. The third-order valence-corrected chi connectivity index (χ3v) is 4.20. The van der Waals surface area contributed by atoms with Crippen LogP contribution in [0.3, 0.4) is 0 Å². The maximum absolute atomic E-state index is 14.4. The SMILES string of the molecule is CCC(Nc1nc(Nc2cccc3ncccc23)c(C(N)=O)cc1F)C(N)=O. The van der Waals surface area contributed by atoms with Crippen LogP contribution < -0.4 is 22.1 Å². The Kier molecular flexibility index (Phi) is 5.35. The van der Waals surface area contributed by atoms with Gasteiger partial charge in [-0.25, -0.2) is 9.37 Å². The predicted molar refractivity (Wildman–Crippen MR) is 105 cm³/mol. The summed E-state index contributed by atoms with van der Waals surface area (Å²) in [6.45, 7) is 1.72. The van der Waals surface area contributed by atoms with Crippen molar-refractivity contribution >= 4 is 40.0 Å². The third kappa shape index (κ3) is 3.83. The molecule has 3 rings (SSSR count). The lowest BCUT2D eigenvalue weighted by Gasteiger charge is -2.17. The van der Waals surface area contributed by atoms with Crippen molar-refractivity contribution in [3.05, 3.63) is 54.0 Å². The van der Waals surface area contributed by atoms with Crippen LogP contribution in [0.2, 0.25) is 0 Å². The first-order chi connectivity index (χ1) is 13.4. The molecule has 3 aromatic rings. The summed E-state index contributed by atoms with van der Waals surface area (Å²) in [4.78, 5) is 31.7. The van der Waals surface area contributed by atoms with E-state index in [9.17, 15) is 14.0 Å². The lowest BCUT2D eigenvalue weighted by atomic mass is 10.1. The number of halogens is 1. The molecular weight excluding hydrogens is 363 g/mol. The number of pyridine rings is 2. The van der Waals surface area contributed by atoms with Crippen molar-refractivity contribution in [2.45, 2.75) is 19.4 Å². The molecule has 1 unspecified atom stereocenters. The van der Waals surface area contributed by atoms with E-state index in [4.69, 9.17) is 11.5 Å². The highest BCUT2D eigenvalue weighted by Crippen LogP contribution is 2.28. The highest BCUT2D eigenvalue weighted by atomic mass is 19.1. The number of fused-ring (bicyclic) bond motifs is 1. The van der Waals surface area contributed by atoms with Crippen molar-refractivity contribution in [1.29, 1.82) is 0 Å². The van der Waals surface area contributed by atoms with Crippen LogP contribution in [-0.4, -0.2) is 27.8 Å². The van der Waals surface area contributed by atoms with Crippen LogP contribution in [0.25, 0.3) is 10.9 Å². The van der Waals surface area contributed by atoms with Crippen LogP contribution in [0.5, 0.6) is 0 Å². The van der Waals surface area contributed by atoms with E-state index in [2.05, 4.69) is 20.6 Å².